The summed E-state index contributed by atoms with van der Waals surface area (Å²) in [5.41, 5.74) is 6.79. The SMILES string of the molecule is CCN(CCN=C(N)Nc1cccc(OC)c1)C1CC1. The van der Waals surface area contributed by atoms with Crippen molar-refractivity contribution in [2.24, 2.45) is 10.7 Å². The summed E-state index contributed by atoms with van der Waals surface area (Å²) in [4.78, 5) is 6.83. The van der Waals surface area contributed by atoms with Crippen molar-refractivity contribution in [1.29, 1.82) is 0 Å². The first-order chi connectivity index (χ1) is 9.72. The maximum absolute atomic E-state index is 5.90. The Kier molecular flexibility index (Phi) is 5.24. The summed E-state index contributed by atoms with van der Waals surface area (Å²) in [5, 5.41) is 3.08. The third-order valence-corrected chi connectivity index (χ3v) is 3.48. The average molecular weight is 276 g/mol. The number of rotatable bonds is 7. The summed E-state index contributed by atoms with van der Waals surface area (Å²) in [6.45, 7) is 4.98. The first kappa shape index (κ1) is 14.7. The Balaban J connectivity index is 1.80. The zero-order chi connectivity index (χ0) is 14.4. The number of methoxy groups -OCH3 is 1. The van der Waals surface area contributed by atoms with Crippen molar-refractivity contribution >= 4 is 11.6 Å². The minimum Gasteiger partial charge on any atom is -0.497 e. The van der Waals surface area contributed by atoms with Gasteiger partial charge < -0.3 is 15.8 Å². The normalized spacial score (nSPS) is 15.4. The Morgan fingerprint density at radius 3 is 2.95 bits per heavy atom. The van der Waals surface area contributed by atoms with Gasteiger partial charge in [0.1, 0.15) is 5.75 Å². The number of aliphatic imine (C=N–C) groups is 1. The molecule has 5 nitrogen and oxygen atoms in total. The van der Waals surface area contributed by atoms with Crippen molar-refractivity contribution in [3.63, 3.8) is 0 Å². The number of benzene rings is 1. The highest BCUT2D eigenvalue weighted by atomic mass is 16.5. The van der Waals surface area contributed by atoms with E-state index in [9.17, 15) is 0 Å². The molecule has 5 heteroatoms. The molecule has 0 saturated heterocycles. The van der Waals surface area contributed by atoms with Gasteiger partial charge in [0.15, 0.2) is 5.96 Å². The molecule has 1 aliphatic carbocycles. The van der Waals surface area contributed by atoms with E-state index >= 15 is 0 Å². The Morgan fingerprint density at radius 2 is 2.30 bits per heavy atom. The van der Waals surface area contributed by atoms with E-state index in [4.69, 9.17) is 10.5 Å². The van der Waals surface area contributed by atoms with Crippen molar-refractivity contribution in [2.45, 2.75) is 25.8 Å². The monoisotopic (exact) mass is 276 g/mol. The van der Waals surface area contributed by atoms with Crippen LogP contribution in [0.15, 0.2) is 29.3 Å². The Bertz CT molecular complexity index is 457. The van der Waals surface area contributed by atoms with E-state index in [1.165, 1.54) is 12.8 Å². The van der Waals surface area contributed by atoms with E-state index in [0.29, 0.717) is 5.96 Å². The van der Waals surface area contributed by atoms with Crippen molar-refractivity contribution in [1.82, 2.24) is 4.90 Å². The van der Waals surface area contributed by atoms with Crippen LogP contribution in [0.2, 0.25) is 0 Å². The van der Waals surface area contributed by atoms with Gasteiger partial charge in [-0.2, -0.15) is 0 Å². The zero-order valence-corrected chi connectivity index (χ0v) is 12.3. The zero-order valence-electron chi connectivity index (χ0n) is 12.3. The molecule has 20 heavy (non-hydrogen) atoms. The predicted molar refractivity (Wildman–Crippen MR) is 83.4 cm³/mol. The van der Waals surface area contributed by atoms with Crippen molar-refractivity contribution in [2.75, 3.05) is 32.1 Å². The second-order valence-electron chi connectivity index (χ2n) is 4.98. The Hall–Kier alpha value is -1.75. The molecule has 0 atom stereocenters. The minimum absolute atomic E-state index is 0.449. The molecule has 1 aliphatic rings. The van der Waals surface area contributed by atoms with Crippen LogP contribution in [0.25, 0.3) is 0 Å². The Morgan fingerprint density at radius 1 is 1.50 bits per heavy atom. The maximum Gasteiger partial charge on any atom is 0.193 e. The molecular weight excluding hydrogens is 252 g/mol. The quantitative estimate of drug-likeness (QED) is 0.590. The summed E-state index contributed by atoms with van der Waals surface area (Å²) in [7, 11) is 1.65. The molecule has 1 aromatic carbocycles. The molecule has 1 saturated carbocycles. The number of likely N-dealkylation sites (N-methyl/N-ethyl adjacent to an activating group) is 1. The number of hydrogen-bond donors (Lipinski definition) is 2. The number of nitrogens with two attached hydrogens (primary N) is 1. The van der Waals surface area contributed by atoms with E-state index in [1.54, 1.807) is 7.11 Å². The van der Waals surface area contributed by atoms with Gasteiger partial charge in [-0.25, -0.2) is 0 Å². The highest BCUT2D eigenvalue weighted by Crippen LogP contribution is 2.25. The van der Waals surface area contributed by atoms with Crippen molar-refractivity contribution in [3.05, 3.63) is 24.3 Å². The lowest BCUT2D eigenvalue weighted by molar-refractivity contribution is 0.286. The highest BCUT2D eigenvalue weighted by Gasteiger charge is 2.26. The number of anilines is 1. The van der Waals surface area contributed by atoms with E-state index in [-0.39, 0.29) is 0 Å². The summed E-state index contributed by atoms with van der Waals surface area (Å²) in [6, 6.07) is 8.43. The van der Waals surface area contributed by atoms with Gasteiger partial charge in [0.25, 0.3) is 0 Å². The highest BCUT2D eigenvalue weighted by molar-refractivity contribution is 5.92. The standard InChI is InChI=1S/C15H24N4O/c1-3-19(13-7-8-13)10-9-17-15(16)18-12-5-4-6-14(11-12)20-2/h4-6,11,13H,3,7-10H2,1-2H3,(H3,16,17,18). The molecule has 3 N–H and O–H groups in total. The fraction of sp³-hybridized carbons (Fsp3) is 0.533. The van der Waals surface area contributed by atoms with E-state index in [1.807, 2.05) is 24.3 Å². The number of hydrogen-bond acceptors (Lipinski definition) is 3. The molecular formula is C15H24N4O. The molecule has 0 bridgehead atoms. The molecule has 0 radical (unpaired) electrons. The summed E-state index contributed by atoms with van der Waals surface area (Å²) < 4.78 is 5.17. The van der Waals surface area contributed by atoms with Gasteiger partial charge in [0, 0.05) is 24.3 Å². The van der Waals surface area contributed by atoms with Gasteiger partial charge in [-0.05, 0) is 31.5 Å². The third kappa shape index (κ3) is 4.42. The molecule has 0 aliphatic heterocycles. The first-order valence-corrected chi connectivity index (χ1v) is 7.18. The van der Waals surface area contributed by atoms with Gasteiger partial charge in [0.2, 0.25) is 0 Å². The van der Waals surface area contributed by atoms with Crippen LogP contribution in [0.3, 0.4) is 0 Å². The number of nitrogens with zero attached hydrogens (tertiary/aromatic N) is 2. The molecule has 0 aromatic heterocycles. The van der Waals surface area contributed by atoms with E-state index in [2.05, 4.69) is 22.1 Å². The fourth-order valence-electron chi connectivity index (χ4n) is 2.23. The van der Waals surface area contributed by atoms with Gasteiger partial charge >= 0.3 is 0 Å². The van der Waals surface area contributed by atoms with Crippen LogP contribution in [0.1, 0.15) is 19.8 Å². The predicted octanol–water partition coefficient (Wildman–Crippen LogP) is 1.91. The van der Waals surface area contributed by atoms with Crippen LogP contribution in [-0.4, -0.2) is 43.6 Å². The number of guanidine groups is 1. The second-order valence-corrected chi connectivity index (χ2v) is 4.98. The smallest absolute Gasteiger partial charge is 0.193 e. The van der Waals surface area contributed by atoms with Crippen molar-refractivity contribution in [3.8, 4) is 5.75 Å². The number of ether oxygens (including phenoxy) is 1. The number of nitrogens with one attached hydrogen (secondary N) is 1. The first-order valence-electron chi connectivity index (χ1n) is 7.18. The van der Waals surface area contributed by atoms with Crippen molar-refractivity contribution < 1.29 is 4.74 Å². The van der Waals surface area contributed by atoms with Crippen LogP contribution in [0.4, 0.5) is 5.69 Å². The summed E-state index contributed by atoms with van der Waals surface area (Å²) >= 11 is 0. The molecule has 1 aromatic rings. The topological polar surface area (TPSA) is 62.9 Å². The lowest BCUT2D eigenvalue weighted by Gasteiger charge is -2.18. The molecule has 0 heterocycles. The molecule has 0 amide bonds. The fourth-order valence-corrected chi connectivity index (χ4v) is 2.23. The van der Waals surface area contributed by atoms with Gasteiger partial charge in [0.05, 0.1) is 13.7 Å². The van der Waals surface area contributed by atoms with Gasteiger partial charge in [-0.15, -0.1) is 0 Å². The lowest BCUT2D eigenvalue weighted by atomic mass is 10.3. The summed E-state index contributed by atoms with van der Waals surface area (Å²) in [5.74, 6) is 1.25. The van der Waals surface area contributed by atoms with E-state index < -0.39 is 0 Å². The maximum atomic E-state index is 5.90. The van der Waals surface area contributed by atoms with Crippen LogP contribution in [-0.2, 0) is 0 Å². The largest absolute Gasteiger partial charge is 0.497 e. The molecule has 2 rings (SSSR count). The minimum atomic E-state index is 0.449. The molecule has 110 valence electrons. The molecule has 0 unspecified atom stereocenters. The summed E-state index contributed by atoms with van der Waals surface area (Å²) in [6.07, 6.45) is 2.66. The third-order valence-electron chi connectivity index (χ3n) is 3.48. The van der Waals surface area contributed by atoms with Gasteiger partial charge in [-0.3, -0.25) is 9.89 Å². The van der Waals surface area contributed by atoms with Crippen LogP contribution < -0.4 is 15.8 Å². The van der Waals surface area contributed by atoms with Crippen LogP contribution in [0, 0.1) is 0 Å². The van der Waals surface area contributed by atoms with Crippen LogP contribution >= 0.6 is 0 Å². The molecule has 1 fully saturated rings. The average Bonchev–Trinajstić information content (AvgIpc) is 3.28. The molecule has 0 spiro atoms. The second kappa shape index (κ2) is 7.14. The van der Waals surface area contributed by atoms with E-state index in [0.717, 1.165) is 37.1 Å². The lowest BCUT2D eigenvalue weighted by Crippen LogP contribution is -2.30. The van der Waals surface area contributed by atoms with Gasteiger partial charge in [-0.1, -0.05) is 13.0 Å². The van der Waals surface area contributed by atoms with Crippen LogP contribution in [0.5, 0.6) is 5.75 Å². The Labute approximate surface area is 120 Å².